The summed E-state index contributed by atoms with van der Waals surface area (Å²) < 4.78 is 15.1. The second-order valence-corrected chi connectivity index (χ2v) is 5.21. The molecule has 0 spiro atoms. The third kappa shape index (κ3) is 2.93. The SMILES string of the molecule is CC(C)CC(N)c1nc2cc(F)ccc2n1CCO. The molecule has 19 heavy (non-hydrogen) atoms. The minimum absolute atomic E-state index is 0.00420. The van der Waals surface area contributed by atoms with E-state index in [0.717, 1.165) is 11.9 Å². The summed E-state index contributed by atoms with van der Waals surface area (Å²) in [6.45, 7) is 4.62. The second-order valence-electron chi connectivity index (χ2n) is 5.21. The molecule has 0 aliphatic carbocycles. The quantitative estimate of drug-likeness (QED) is 0.871. The lowest BCUT2D eigenvalue weighted by Crippen LogP contribution is -2.19. The Labute approximate surface area is 112 Å². The van der Waals surface area contributed by atoms with Crippen LogP contribution in [0.25, 0.3) is 11.0 Å². The molecule has 1 heterocycles. The molecule has 2 rings (SSSR count). The van der Waals surface area contributed by atoms with E-state index in [0.29, 0.717) is 23.8 Å². The first-order valence-electron chi connectivity index (χ1n) is 6.55. The van der Waals surface area contributed by atoms with Gasteiger partial charge in [-0.2, -0.15) is 0 Å². The van der Waals surface area contributed by atoms with Crippen molar-refractivity contribution >= 4 is 11.0 Å². The summed E-state index contributed by atoms with van der Waals surface area (Å²) in [5.41, 5.74) is 7.57. The molecule has 3 N–H and O–H groups in total. The van der Waals surface area contributed by atoms with Gasteiger partial charge in [0.25, 0.3) is 0 Å². The van der Waals surface area contributed by atoms with Gasteiger partial charge in [-0.3, -0.25) is 0 Å². The van der Waals surface area contributed by atoms with Crippen molar-refractivity contribution < 1.29 is 9.50 Å². The van der Waals surface area contributed by atoms with Crippen molar-refractivity contribution in [3.05, 3.63) is 29.8 Å². The Balaban J connectivity index is 2.49. The monoisotopic (exact) mass is 265 g/mol. The summed E-state index contributed by atoms with van der Waals surface area (Å²) in [4.78, 5) is 4.43. The van der Waals surface area contributed by atoms with Crippen LogP contribution in [0, 0.1) is 11.7 Å². The van der Waals surface area contributed by atoms with Crippen LogP contribution in [0.15, 0.2) is 18.2 Å². The molecule has 2 aromatic rings. The zero-order chi connectivity index (χ0) is 14.0. The van der Waals surface area contributed by atoms with E-state index in [1.807, 2.05) is 4.57 Å². The molecular formula is C14H20FN3O. The van der Waals surface area contributed by atoms with E-state index in [1.165, 1.54) is 12.1 Å². The van der Waals surface area contributed by atoms with Crippen LogP contribution in [-0.2, 0) is 6.54 Å². The van der Waals surface area contributed by atoms with Crippen LogP contribution >= 0.6 is 0 Å². The fourth-order valence-electron chi connectivity index (χ4n) is 2.35. The standard InChI is InChI=1S/C14H20FN3O/c1-9(2)7-11(16)14-17-12-8-10(15)3-4-13(12)18(14)5-6-19/h3-4,8-9,11,19H,5-7,16H2,1-2H3. The Morgan fingerprint density at radius 3 is 2.79 bits per heavy atom. The number of aliphatic hydroxyl groups excluding tert-OH is 1. The Kier molecular flexibility index (Phi) is 4.17. The van der Waals surface area contributed by atoms with Gasteiger partial charge >= 0.3 is 0 Å². The summed E-state index contributed by atoms with van der Waals surface area (Å²) >= 11 is 0. The Morgan fingerprint density at radius 2 is 2.16 bits per heavy atom. The number of aromatic nitrogens is 2. The van der Waals surface area contributed by atoms with E-state index in [4.69, 9.17) is 5.73 Å². The highest BCUT2D eigenvalue weighted by Crippen LogP contribution is 2.24. The summed E-state index contributed by atoms with van der Waals surface area (Å²) in [6, 6.07) is 4.27. The number of fused-ring (bicyclic) bond motifs is 1. The molecule has 1 unspecified atom stereocenters. The minimum Gasteiger partial charge on any atom is -0.395 e. The van der Waals surface area contributed by atoms with Gasteiger partial charge in [0.1, 0.15) is 11.6 Å². The van der Waals surface area contributed by atoms with E-state index in [-0.39, 0.29) is 18.5 Å². The maximum atomic E-state index is 13.2. The average molecular weight is 265 g/mol. The molecule has 0 aliphatic heterocycles. The predicted octanol–water partition coefficient (Wildman–Crippen LogP) is 2.21. The third-order valence-electron chi connectivity index (χ3n) is 3.12. The normalized spacial score (nSPS) is 13.4. The van der Waals surface area contributed by atoms with Crippen molar-refractivity contribution in [2.24, 2.45) is 11.7 Å². The van der Waals surface area contributed by atoms with Gasteiger partial charge in [0.15, 0.2) is 0 Å². The van der Waals surface area contributed by atoms with Crippen molar-refractivity contribution in [2.75, 3.05) is 6.61 Å². The molecule has 1 aromatic heterocycles. The topological polar surface area (TPSA) is 64.1 Å². The number of nitrogens with two attached hydrogens (primary N) is 1. The molecule has 0 saturated carbocycles. The predicted molar refractivity (Wildman–Crippen MR) is 73.2 cm³/mol. The molecule has 0 radical (unpaired) electrons. The van der Waals surface area contributed by atoms with Gasteiger partial charge in [-0.05, 0) is 24.5 Å². The third-order valence-corrected chi connectivity index (χ3v) is 3.12. The first-order valence-corrected chi connectivity index (χ1v) is 6.55. The van der Waals surface area contributed by atoms with Crippen molar-refractivity contribution in [3.63, 3.8) is 0 Å². The van der Waals surface area contributed by atoms with Crippen LogP contribution < -0.4 is 5.73 Å². The molecule has 0 saturated heterocycles. The maximum Gasteiger partial charge on any atom is 0.126 e. The van der Waals surface area contributed by atoms with Gasteiger partial charge in [-0.25, -0.2) is 9.37 Å². The fourth-order valence-corrected chi connectivity index (χ4v) is 2.35. The zero-order valence-corrected chi connectivity index (χ0v) is 11.3. The molecule has 104 valence electrons. The Morgan fingerprint density at radius 1 is 1.42 bits per heavy atom. The summed E-state index contributed by atoms with van der Waals surface area (Å²) in [5, 5.41) is 9.18. The Hall–Kier alpha value is -1.46. The van der Waals surface area contributed by atoms with Gasteiger partial charge in [0.05, 0.1) is 23.7 Å². The highest BCUT2D eigenvalue weighted by molar-refractivity contribution is 5.76. The molecule has 1 atom stereocenters. The zero-order valence-electron chi connectivity index (χ0n) is 11.3. The van der Waals surface area contributed by atoms with Gasteiger partial charge in [-0.1, -0.05) is 13.8 Å². The second kappa shape index (κ2) is 5.67. The van der Waals surface area contributed by atoms with Crippen LogP contribution in [0.3, 0.4) is 0 Å². The van der Waals surface area contributed by atoms with E-state index < -0.39 is 0 Å². The molecule has 0 bridgehead atoms. The number of imidazole rings is 1. The van der Waals surface area contributed by atoms with Crippen molar-refractivity contribution in [2.45, 2.75) is 32.9 Å². The highest BCUT2D eigenvalue weighted by atomic mass is 19.1. The number of rotatable bonds is 5. The van der Waals surface area contributed by atoms with E-state index in [2.05, 4.69) is 18.8 Å². The van der Waals surface area contributed by atoms with Crippen molar-refractivity contribution in [1.29, 1.82) is 0 Å². The molecule has 5 heteroatoms. The van der Waals surface area contributed by atoms with Crippen molar-refractivity contribution in [1.82, 2.24) is 9.55 Å². The van der Waals surface area contributed by atoms with E-state index >= 15 is 0 Å². The lowest BCUT2D eigenvalue weighted by Gasteiger charge is -2.15. The van der Waals surface area contributed by atoms with Crippen LogP contribution in [0.5, 0.6) is 0 Å². The number of aliphatic hydroxyl groups is 1. The summed E-state index contributed by atoms with van der Waals surface area (Å²) in [6.07, 6.45) is 0.803. The average Bonchev–Trinajstić information content (AvgIpc) is 2.67. The smallest absolute Gasteiger partial charge is 0.126 e. The Bertz CT molecular complexity index is 565. The van der Waals surface area contributed by atoms with Crippen LogP contribution in [0.2, 0.25) is 0 Å². The first-order chi connectivity index (χ1) is 9.02. The first kappa shape index (κ1) is 14.0. The lowest BCUT2D eigenvalue weighted by molar-refractivity contribution is 0.274. The molecule has 1 aromatic carbocycles. The van der Waals surface area contributed by atoms with Gasteiger partial charge in [0.2, 0.25) is 0 Å². The summed E-state index contributed by atoms with van der Waals surface area (Å²) in [7, 11) is 0. The molecule has 0 aliphatic rings. The maximum absolute atomic E-state index is 13.2. The highest BCUT2D eigenvalue weighted by Gasteiger charge is 2.18. The fraction of sp³-hybridized carbons (Fsp3) is 0.500. The van der Waals surface area contributed by atoms with Crippen LogP contribution in [0.4, 0.5) is 4.39 Å². The number of hydrogen-bond donors (Lipinski definition) is 2. The molecular weight excluding hydrogens is 245 g/mol. The number of halogens is 1. The largest absolute Gasteiger partial charge is 0.395 e. The van der Waals surface area contributed by atoms with E-state index in [1.54, 1.807) is 6.07 Å². The molecule has 4 nitrogen and oxygen atoms in total. The van der Waals surface area contributed by atoms with Crippen LogP contribution in [-0.4, -0.2) is 21.3 Å². The molecule has 0 amide bonds. The van der Waals surface area contributed by atoms with Gasteiger partial charge in [0, 0.05) is 12.6 Å². The number of benzene rings is 1. The lowest BCUT2D eigenvalue weighted by atomic mass is 10.0. The number of hydrogen-bond acceptors (Lipinski definition) is 3. The van der Waals surface area contributed by atoms with Crippen LogP contribution in [0.1, 0.15) is 32.1 Å². The van der Waals surface area contributed by atoms with Gasteiger partial charge < -0.3 is 15.4 Å². The molecule has 0 fully saturated rings. The summed E-state index contributed by atoms with van der Waals surface area (Å²) in [5.74, 6) is 0.850. The van der Waals surface area contributed by atoms with Gasteiger partial charge in [-0.15, -0.1) is 0 Å². The van der Waals surface area contributed by atoms with E-state index in [9.17, 15) is 9.50 Å². The van der Waals surface area contributed by atoms with Crippen molar-refractivity contribution in [3.8, 4) is 0 Å². The number of nitrogens with zero attached hydrogens (tertiary/aromatic N) is 2. The minimum atomic E-state index is -0.315.